The Morgan fingerprint density at radius 3 is 3.05 bits per heavy atom. The highest BCUT2D eigenvalue weighted by molar-refractivity contribution is 5.75. The lowest BCUT2D eigenvalue weighted by molar-refractivity contribution is -0.121. The second kappa shape index (κ2) is 6.68. The van der Waals surface area contributed by atoms with E-state index in [1.54, 1.807) is 7.05 Å². The number of carbonyl (C=O) groups excluding carboxylic acids is 1. The number of carbonyl (C=O) groups is 1. The van der Waals surface area contributed by atoms with Gasteiger partial charge in [-0.2, -0.15) is 4.98 Å². The normalized spacial score (nSPS) is 25.0. The molecule has 1 aliphatic rings. The number of nitrogens with two attached hydrogens (primary N) is 1. The van der Waals surface area contributed by atoms with Crippen molar-refractivity contribution in [3.63, 3.8) is 0 Å². The van der Waals surface area contributed by atoms with Gasteiger partial charge in [-0.15, -0.1) is 0 Å². The molecule has 2 rings (SSSR count). The van der Waals surface area contributed by atoms with Gasteiger partial charge in [-0.1, -0.05) is 0 Å². The molecular weight excluding hydrogens is 276 g/mol. The summed E-state index contributed by atoms with van der Waals surface area (Å²) in [5.74, 6) is 0.118. The number of aromatic nitrogens is 2. The van der Waals surface area contributed by atoms with Crippen molar-refractivity contribution in [3.05, 3.63) is 22.7 Å². The Labute approximate surface area is 121 Å². The van der Waals surface area contributed by atoms with Crippen LogP contribution in [0, 0.1) is 5.92 Å². The summed E-state index contributed by atoms with van der Waals surface area (Å²) in [7, 11) is 1.58. The first-order valence-electron chi connectivity index (χ1n) is 6.86. The largest absolute Gasteiger partial charge is 0.394 e. The smallest absolute Gasteiger partial charge is 0.351 e. The first-order valence-corrected chi connectivity index (χ1v) is 6.86. The molecule has 1 saturated heterocycles. The minimum Gasteiger partial charge on any atom is -0.394 e. The lowest BCUT2D eigenvalue weighted by Gasteiger charge is -2.15. The van der Waals surface area contributed by atoms with Crippen LogP contribution in [0.2, 0.25) is 0 Å². The SMILES string of the molecule is CNC(=O)CC[C@H]1C[C@H](n2ccc(N)nc2=O)O[C@@H]1CO. The highest BCUT2D eigenvalue weighted by Gasteiger charge is 2.36. The summed E-state index contributed by atoms with van der Waals surface area (Å²) in [6.07, 6.45) is 2.17. The zero-order valence-corrected chi connectivity index (χ0v) is 11.9. The predicted molar refractivity (Wildman–Crippen MR) is 75.3 cm³/mol. The van der Waals surface area contributed by atoms with Crippen LogP contribution < -0.4 is 16.7 Å². The molecule has 8 heteroatoms. The number of rotatable bonds is 5. The van der Waals surface area contributed by atoms with Crippen molar-refractivity contribution in [1.82, 2.24) is 14.9 Å². The van der Waals surface area contributed by atoms with Crippen LogP contribution >= 0.6 is 0 Å². The van der Waals surface area contributed by atoms with Crippen LogP contribution in [0.1, 0.15) is 25.5 Å². The first-order chi connectivity index (χ1) is 10.0. The van der Waals surface area contributed by atoms with Gasteiger partial charge in [0, 0.05) is 19.7 Å². The zero-order valence-electron chi connectivity index (χ0n) is 11.9. The van der Waals surface area contributed by atoms with Crippen LogP contribution in [0.15, 0.2) is 17.1 Å². The monoisotopic (exact) mass is 296 g/mol. The van der Waals surface area contributed by atoms with Gasteiger partial charge in [0.05, 0.1) is 12.7 Å². The van der Waals surface area contributed by atoms with Gasteiger partial charge in [-0.05, 0) is 24.8 Å². The average molecular weight is 296 g/mol. The van der Waals surface area contributed by atoms with Gasteiger partial charge in [0.15, 0.2) is 0 Å². The molecule has 0 unspecified atom stereocenters. The predicted octanol–water partition coefficient (Wildman–Crippen LogP) is -0.752. The molecule has 8 nitrogen and oxygen atoms in total. The van der Waals surface area contributed by atoms with E-state index in [0.29, 0.717) is 19.3 Å². The molecule has 0 bridgehead atoms. The molecule has 1 aromatic heterocycles. The van der Waals surface area contributed by atoms with E-state index in [4.69, 9.17) is 10.5 Å². The fourth-order valence-corrected chi connectivity index (χ4v) is 2.54. The van der Waals surface area contributed by atoms with Crippen LogP contribution in [0.25, 0.3) is 0 Å². The third kappa shape index (κ3) is 3.59. The Morgan fingerprint density at radius 1 is 1.67 bits per heavy atom. The van der Waals surface area contributed by atoms with E-state index in [1.807, 2.05) is 0 Å². The highest BCUT2D eigenvalue weighted by atomic mass is 16.5. The molecule has 1 amide bonds. The number of nitrogens with one attached hydrogen (secondary N) is 1. The molecule has 1 fully saturated rings. The molecule has 21 heavy (non-hydrogen) atoms. The van der Waals surface area contributed by atoms with Crippen molar-refractivity contribution in [2.24, 2.45) is 5.92 Å². The fraction of sp³-hybridized carbons (Fsp3) is 0.615. The number of aliphatic hydroxyl groups is 1. The number of hydrogen-bond acceptors (Lipinski definition) is 6. The zero-order chi connectivity index (χ0) is 15.4. The third-order valence-corrected chi connectivity index (χ3v) is 3.72. The maximum absolute atomic E-state index is 11.8. The first kappa shape index (κ1) is 15.5. The lowest BCUT2D eigenvalue weighted by Crippen LogP contribution is -2.27. The number of nitrogens with zero attached hydrogens (tertiary/aromatic N) is 2. The topological polar surface area (TPSA) is 119 Å². The van der Waals surface area contributed by atoms with E-state index in [9.17, 15) is 14.7 Å². The van der Waals surface area contributed by atoms with Gasteiger partial charge in [0.1, 0.15) is 12.0 Å². The van der Waals surface area contributed by atoms with Gasteiger partial charge >= 0.3 is 5.69 Å². The van der Waals surface area contributed by atoms with Crippen LogP contribution in [0.4, 0.5) is 5.82 Å². The standard InChI is InChI=1S/C13H20N4O4/c1-15-11(19)3-2-8-6-12(21-9(8)7-18)17-5-4-10(14)16-13(17)20/h4-5,8-9,12,18H,2-3,6-7H2,1H3,(H,15,19)(H2,14,16,20)/t8-,9+,12+/m0/s1. The molecule has 0 radical (unpaired) electrons. The van der Waals surface area contributed by atoms with E-state index in [0.717, 1.165) is 0 Å². The van der Waals surface area contributed by atoms with Crippen molar-refractivity contribution in [3.8, 4) is 0 Å². The molecule has 4 N–H and O–H groups in total. The average Bonchev–Trinajstić information content (AvgIpc) is 2.87. The van der Waals surface area contributed by atoms with Gasteiger partial charge in [-0.3, -0.25) is 9.36 Å². The van der Waals surface area contributed by atoms with Gasteiger partial charge in [0.25, 0.3) is 0 Å². The summed E-state index contributed by atoms with van der Waals surface area (Å²) in [5, 5.41) is 11.9. The van der Waals surface area contributed by atoms with Crippen LogP contribution in [0.3, 0.4) is 0 Å². The van der Waals surface area contributed by atoms with Crippen molar-refractivity contribution < 1.29 is 14.6 Å². The van der Waals surface area contributed by atoms with Crippen molar-refractivity contribution in [1.29, 1.82) is 0 Å². The summed E-state index contributed by atoms with van der Waals surface area (Å²) in [6, 6.07) is 1.52. The molecular formula is C13H20N4O4. The molecule has 0 aliphatic carbocycles. The maximum atomic E-state index is 11.8. The highest BCUT2D eigenvalue weighted by Crippen LogP contribution is 2.35. The van der Waals surface area contributed by atoms with Crippen LogP contribution in [0.5, 0.6) is 0 Å². The Kier molecular flexibility index (Phi) is 4.92. The lowest BCUT2D eigenvalue weighted by atomic mass is 9.95. The summed E-state index contributed by atoms with van der Waals surface area (Å²) in [4.78, 5) is 26.8. The second-order valence-electron chi connectivity index (χ2n) is 5.06. The Bertz CT molecular complexity index is 559. The summed E-state index contributed by atoms with van der Waals surface area (Å²) < 4.78 is 7.06. The number of ether oxygens (including phenoxy) is 1. The molecule has 2 heterocycles. The van der Waals surface area contributed by atoms with Gasteiger partial charge in [0.2, 0.25) is 5.91 Å². The summed E-state index contributed by atoms with van der Waals surface area (Å²) in [5.41, 5.74) is 4.97. The van der Waals surface area contributed by atoms with E-state index in [1.165, 1.54) is 16.8 Å². The molecule has 116 valence electrons. The summed E-state index contributed by atoms with van der Waals surface area (Å²) in [6.45, 7) is -0.147. The van der Waals surface area contributed by atoms with E-state index < -0.39 is 11.9 Å². The number of nitrogen functional groups attached to an aromatic ring is 1. The quantitative estimate of drug-likeness (QED) is 0.657. The second-order valence-corrected chi connectivity index (χ2v) is 5.06. The number of anilines is 1. The van der Waals surface area contributed by atoms with Crippen LogP contribution in [-0.4, -0.2) is 40.3 Å². The van der Waals surface area contributed by atoms with Crippen LogP contribution in [-0.2, 0) is 9.53 Å². The van der Waals surface area contributed by atoms with Crippen molar-refractivity contribution in [2.75, 3.05) is 19.4 Å². The van der Waals surface area contributed by atoms with Gasteiger partial charge < -0.3 is 20.9 Å². The minimum absolute atomic E-state index is 0.0155. The number of amides is 1. The summed E-state index contributed by atoms with van der Waals surface area (Å²) >= 11 is 0. The van der Waals surface area contributed by atoms with E-state index in [-0.39, 0.29) is 30.4 Å². The molecule has 0 aromatic carbocycles. The minimum atomic E-state index is -0.488. The molecule has 1 aromatic rings. The molecule has 1 aliphatic heterocycles. The fourth-order valence-electron chi connectivity index (χ4n) is 2.54. The molecule has 0 saturated carbocycles. The molecule has 0 spiro atoms. The molecule has 3 atom stereocenters. The Hall–Kier alpha value is -1.93. The maximum Gasteiger partial charge on any atom is 0.351 e. The Morgan fingerprint density at radius 2 is 2.43 bits per heavy atom. The number of hydrogen-bond donors (Lipinski definition) is 3. The van der Waals surface area contributed by atoms with Gasteiger partial charge in [-0.25, -0.2) is 4.79 Å². The number of aliphatic hydroxyl groups excluding tert-OH is 1. The Balaban J connectivity index is 2.07. The third-order valence-electron chi connectivity index (χ3n) is 3.72. The van der Waals surface area contributed by atoms with Crippen molar-refractivity contribution >= 4 is 11.7 Å². The van der Waals surface area contributed by atoms with E-state index in [2.05, 4.69) is 10.3 Å². The van der Waals surface area contributed by atoms with E-state index >= 15 is 0 Å². The van der Waals surface area contributed by atoms with Crippen molar-refractivity contribution in [2.45, 2.75) is 31.6 Å².